The van der Waals surface area contributed by atoms with Gasteiger partial charge in [-0.15, -0.1) is 0 Å². The Kier molecular flexibility index (Phi) is 6.43. The second kappa shape index (κ2) is 8.55. The van der Waals surface area contributed by atoms with Crippen molar-refractivity contribution in [3.8, 4) is 5.75 Å². The van der Waals surface area contributed by atoms with Gasteiger partial charge in [-0.2, -0.15) is 13.2 Å². The molecule has 0 heterocycles. The Balaban J connectivity index is 1.78. The fourth-order valence-electron chi connectivity index (χ4n) is 2.21. The number of hydrogen-bond donors (Lipinski definition) is 2. The van der Waals surface area contributed by atoms with Gasteiger partial charge in [-0.25, -0.2) is 9.18 Å². The van der Waals surface area contributed by atoms with Crippen LogP contribution in [0, 0.1) is 5.82 Å². The molecule has 26 heavy (non-hydrogen) atoms. The van der Waals surface area contributed by atoms with Crippen molar-refractivity contribution in [3.05, 3.63) is 65.5 Å². The summed E-state index contributed by atoms with van der Waals surface area (Å²) in [5.74, 6) is -0.0901. The lowest BCUT2D eigenvalue weighted by Gasteiger charge is -2.17. The van der Waals surface area contributed by atoms with Crippen molar-refractivity contribution in [2.45, 2.75) is 19.1 Å². The molecule has 1 atom stereocenters. The Morgan fingerprint density at radius 2 is 1.88 bits per heavy atom. The number of urea groups is 1. The number of nitrogens with one attached hydrogen (secondary N) is 2. The van der Waals surface area contributed by atoms with E-state index in [1.807, 2.05) is 0 Å². The molecule has 0 saturated carbocycles. The minimum atomic E-state index is -4.44. The molecule has 2 aromatic carbocycles. The minimum Gasteiger partial charge on any atom is -0.492 e. The van der Waals surface area contributed by atoms with E-state index in [1.165, 1.54) is 30.3 Å². The first-order chi connectivity index (χ1) is 12.3. The van der Waals surface area contributed by atoms with Crippen molar-refractivity contribution < 1.29 is 27.1 Å². The number of alkyl halides is 3. The van der Waals surface area contributed by atoms with Crippen molar-refractivity contribution in [3.63, 3.8) is 0 Å². The first kappa shape index (κ1) is 19.6. The molecule has 0 aliphatic carbocycles. The van der Waals surface area contributed by atoms with Crippen LogP contribution in [0.1, 0.15) is 24.1 Å². The summed E-state index contributed by atoms with van der Waals surface area (Å²) in [6.07, 6.45) is -4.44. The summed E-state index contributed by atoms with van der Waals surface area (Å²) in [5.41, 5.74) is -0.432. The predicted octanol–water partition coefficient (Wildman–Crippen LogP) is 4.28. The van der Waals surface area contributed by atoms with Gasteiger partial charge in [-0.05, 0) is 36.8 Å². The average Bonchev–Trinajstić information content (AvgIpc) is 2.58. The molecular formula is C18H18F4N2O2. The molecule has 0 spiro atoms. The van der Waals surface area contributed by atoms with Crippen LogP contribution in [-0.4, -0.2) is 19.2 Å². The van der Waals surface area contributed by atoms with Gasteiger partial charge < -0.3 is 15.4 Å². The zero-order valence-electron chi connectivity index (χ0n) is 13.9. The quantitative estimate of drug-likeness (QED) is 0.589. The molecule has 0 aliphatic heterocycles. The lowest BCUT2D eigenvalue weighted by atomic mass is 10.1. The first-order valence-electron chi connectivity index (χ1n) is 7.85. The van der Waals surface area contributed by atoms with E-state index in [9.17, 15) is 22.4 Å². The summed E-state index contributed by atoms with van der Waals surface area (Å²) in [6.45, 7) is 1.85. The Morgan fingerprint density at radius 3 is 2.58 bits per heavy atom. The standard InChI is InChI=1S/C18H18F4N2O2/c1-12(13-4-2-5-14(10-13)18(20,21)22)24-17(25)23-8-9-26-16-7-3-6-15(19)11-16/h2-7,10-12H,8-9H2,1H3,(H2,23,24,25). The van der Waals surface area contributed by atoms with Crippen molar-refractivity contribution in [1.29, 1.82) is 0 Å². The van der Waals surface area contributed by atoms with Crippen LogP contribution in [0.15, 0.2) is 48.5 Å². The summed E-state index contributed by atoms with van der Waals surface area (Å²) in [7, 11) is 0. The Morgan fingerprint density at radius 1 is 1.15 bits per heavy atom. The third-order valence-corrected chi connectivity index (χ3v) is 3.51. The molecule has 8 heteroatoms. The fourth-order valence-corrected chi connectivity index (χ4v) is 2.21. The largest absolute Gasteiger partial charge is 0.492 e. The van der Waals surface area contributed by atoms with E-state index >= 15 is 0 Å². The molecule has 0 fully saturated rings. The molecule has 2 N–H and O–H groups in total. The maximum atomic E-state index is 13.0. The SMILES string of the molecule is CC(NC(=O)NCCOc1cccc(F)c1)c1cccc(C(F)(F)F)c1. The number of hydrogen-bond acceptors (Lipinski definition) is 2. The Labute approximate surface area is 148 Å². The topological polar surface area (TPSA) is 50.4 Å². The van der Waals surface area contributed by atoms with Crippen LogP contribution >= 0.6 is 0 Å². The van der Waals surface area contributed by atoms with E-state index in [2.05, 4.69) is 10.6 Å². The maximum absolute atomic E-state index is 13.0. The highest BCUT2D eigenvalue weighted by molar-refractivity contribution is 5.74. The van der Waals surface area contributed by atoms with Gasteiger partial charge in [0.2, 0.25) is 0 Å². The van der Waals surface area contributed by atoms with E-state index < -0.39 is 29.6 Å². The number of carbonyl (C=O) groups is 1. The van der Waals surface area contributed by atoms with E-state index in [-0.39, 0.29) is 13.2 Å². The monoisotopic (exact) mass is 370 g/mol. The van der Waals surface area contributed by atoms with Crippen LogP contribution in [0.2, 0.25) is 0 Å². The van der Waals surface area contributed by atoms with Crippen LogP contribution in [0.3, 0.4) is 0 Å². The lowest BCUT2D eigenvalue weighted by molar-refractivity contribution is -0.137. The smallest absolute Gasteiger partial charge is 0.416 e. The van der Waals surface area contributed by atoms with E-state index in [4.69, 9.17) is 4.74 Å². The van der Waals surface area contributed by atoms with Crippen molar-refractivity contribution in [2.75, 3.05) is 13.2 Å². The lowest BCUT2D eigenvalue weighted by Crippen LogP contribution is -2.39. The first-order valence-corrected chi connectivity index (χ1v) is 7.85. The number of ether oxygens (including phenoxy) is 1. The zero-order valence-corrected chi connectivity index (χ0v) is 13.9. The van der Waals surface area contributed by atoms with Crippen LogP contribution in [-0.2, 0) is 6.18 Å². The van der Waals surface area contributed by atoms with Crippen molar-refractivity contribution in [1.82, 2.24) is 10.6 Å². The van der Waals surface area contributed by atoms with Gasteiger partial charge in [0.25, 0.3) is 0 Å². The number of rotatable bonds is 6. The van der Waals surface area contributed by atoms with Crippen LogP contribution in [0.4, 0.5) is 22.4 Å². The van der Waals surface area contributed by atoms with Gasteiger partial charge in [0, 0.05) is 6.07 Å². The summed E-state index contributed by atoms with van der Waals surface area (Å²) >= 11 is 0. The highest BCUT2D eigenvalue weighted by Gasteiger charge is 2.30. The highest BCUT2D eigenvalue weighted by atomic mass is 19.4. The molecule has 0 saturated heterocycles. The van der Waals surface area contributed by atoms with Gasteiger partial charge >= 0.3 is 12.2 Å². The van der Waals surface area contributed by atoms with E-state index in [1.54, 1.807) is 13.0 Å². The molecule has 0 radical (unpaired) electrons. The number of benzene rings is 2. The average molecular weight is 370 g/mol. The fraction of sp³-hybridized carbons (Fsp3) is 0.278. The number of carbonyl (C=O) groups excluding carboxylic acids is 1. The van der Waals surface area contributed by atoms with Crippen molar-refractivity contribution >= 4 is 6.03 Å². The van der Waals surface area contributed by atoms with E-state index in [0.717, 1.165) is 12.1 Å². The van der Waals surface area contributed by atoms with Gasteiger partial charge in [-0.1, -0.05) is 18.2 Å². The molecule has 1 unspecified atom stereocenters. The molecule has 2 amide bonds. The highest BCUT2D eigenvalue weighted by Crippen LogP contribution is 2.30. The number of amides is 2. The molecule has 0 bridgehead atoms. The molecule has 0 aliphatic rings. The molecule has 2 rings (SSSR count). The third kappa shape index (κ3) is 5.94. The molecule has 2 aromatic rings. The summed E-state index contributed by atoms with van der Waals surface area (Å²) in [4.78, 5) is 11.8. The van der Waals surface area contributed by atoms with Crippen LogP contribution < -0.4 is 15.4 Å². The zero-order chi connectivity index (χ0) is 19.2. The van der Waals surface area contributed by atoms with Crippen LogP contribution in [0.5, 0.6) is 5.75 Å². The van der Waals surface area contributed by atoms with Crippen LogP contribution in [0.25, 0.3) is 0 Å². The van der Waals surface area contributed by atoms with Gasteiger partial charge in [0.1, 0.15) is 18.2 Å². The predicted molar refractivity (Wildman–Crippen MR) is 88.3 cm³/mol. The molecular weight excluding hydrogens is 352 g/mol. The normalized spacial score (nSPS) is 12.3. The summed E-state index contributed by atoms with van der Waals surface area (Å²) in [6, 6.07) is 9.20. The Hall–Kier alpha value is -2.77. The molecule has 4 nitrogen and oxygen atoms in total. The minimum absolute atomic E-state index is 0.120. The molecule has 140 valence electrons. The summed E-state index contributed by atoms with van der Waals surface area (Å²) in [5, 5.41) is 5.07. The Bertz CT molecular complexity index is 750. The van der Waals surface area contributed by atoms with E-state index in [0.29, 0.717) is 11.3 Å². The second-order valence-corrected chi connectivity index (χ2v) is 5.55. The maximum Gasteiger partial charge on any atom is 0.416 e. The van der Waals surface area contributed by atoms with Crippen molar-refractivity contribution in [2.24, 2.45) is 0 Å². The third-order valence-electron chi connectivity index (χ3n) is 3.51. The van der Waals surface area contributed by atoms with Gasteiger partial charge in [0.05, 0.1) is 18.2 Å². The number of halogens is 4. The molecule has 0 aromatic heterocycles. The van der Waals surface area contributed by atoms with Gasteiger partial charge in [-0.3, -0.25) is 0 Å². The second-order valence-electron chi connectivity index (χ2n) is 5.55. The van der Waals surface area contributed by atoms with Gasteiger partial charge in [0.15, 0.2) is 0 Å². The summed E-state index contributed by atoms with van der Waals surface area (Å²) < 4.78 is 56.4.